The van der Waals surface area contributed by atoms with E-state index in [1.54, 1.807) is 0 Å². The van der Waals surface area contributed by atoms with Crippen molar-refractivity contribution in [1.82, 2.24) is 10.3 Å². The van der Waals surface area contributed by atoms with Crippen molar-refractivity contribution in [2.24, 2.45) is 5.92 Å². The standard InChI is InChI=1S/C13H16N2O3/c1-8(9-4-2-5-9)15-12(16)11-10(13(17)18)6-3-7-14-11/h3,6-9H,2,4-5H2,1H3,(H,15,16)(H,17,18). The van der Waals surface area contributed by atoms with E-state index in [1.807, 2.05) is 6.92 Å². The van der Waals surface area contributed by atoms with Gasteiger partial charge < -0.3 is 10.4 Å². The van der Waals surface area contributed by atoms with E-state index in [-0.39, 0.29) is 17.3 Å². The molecule has 0 bridgehead atoms. The summed E-state index contributed by atoms with van der Waals surface area (Å²) in [5, 5.41) is 11.8. The van der Waals surface area contributed by atoms with Gasteiger partial charge in [0.05, 0.1) is 5.56 Å². The molecule has 0 saturated heterocycles. The van der Waals surface area contributed by atoms with Crippen LogP contribution in [0.15, 0.2) is 18.3 Å². The Kier molecular flexibility index (Phi) is 3.60. The second-order valence-electron chi connectivity index (χ2n) is 4.66. The largest absolute Gasteiger partial charge is 0.478 e. The van der Waals surface area contributed by atoms with Crippen LogP contribution in [-0.4, -0.2) is 28.0 Å². The first kappa shape index (κ1) is 12.5. The van der Waals surface area contributed by atoms with Gasteiger partial charge in [0.15, 0.2) is 0 Å². The van der Waals surface area contributed by atoms with Crippen molar-refractivity contribution in [2.75, 3.05) is 0 Å². The minimum atomic E-state index is -1.13. The van der Waals surface area contributed by atoms with E-state index in [0.29, 0.717) is 5.92 Å². The van der Waals surface area contributed by atoms with Gasteiger partial charge in [-0.25, -0.2) is 4.79 Å². The van der Waals surface area contributed by atoms with Crippen LogP contribution >= 0.6 is 0 Å². The van der Waals surface area contributed by atoms with Gasteiger partial charge in [-0.05, 0) is 37.8 Å². The Morgan fingerprint density at radius 2 is 2.22 bits per heavy atom. The smallest absolute Gasteiger partial charge is 0.338 e. The van der Waals surface area contributed by atoms with E-state index in [1.165, 1.54) is 24.8 Å². The van der Waals surface area contributed by atoms with E-state index in [4.69, 9.17) is 5.11 Å². The number of nitrogens with one attached hydrogen (secondary N) is 1. The number of carbonyl (C=O) groups excluding carboxylic acids is 1. The van der Waals surface area contributed by atoms with Gasteiger partial charge >= 0.3 is 5.97 Å². The van der Waals surface area contributed by atoms with Crippen LogP contribution in [0.3, 0.4) is 0 Å². The summed E-state index contributed by atoms with van der Waals surface area (Å²) in [5.74, 6) is -1.04. The summed E-state index contributed by atoms with van der Waals surface area (Å²) < 4.78 is 0. The third-order valence-electron chi connectivity index (χ3n) is 3.47. The number of amides is 1. The van der Waals surface area contributed by atoms with Crippen molar-refractivity contribution in [1.29, 1.82) is 0 Å². The van der Waals surface area contributed by atoms with Gasteiger partial charge in [-0.3, -0.25) is 9.78 Å². The summed E-state index contributed by atoms with van der Waals surface area (Å²) in [4.78, 5) is 26.8. The van der Waals surface area contributed by atoms with Gasteiger partial charge in [0.2, 0.25) is 0 Å². The van der Waals surface area contributed by atoms with Crippen LogP contribution in [0.4, 0.5) is 0 Å². The van der Waals surface area contributed by atoms with Crippen LogP contribution in [0.25, 0.3) is 0 Å². The monoisotopic (exact) mass is 248 g/mol. The molecular weight excluding hydrogens is 232 g/mol. The second kappa shape index (κ2) is 5.16. The number of carbonyl (C=O) groups is 2. The summed E-state index contributed by atoms with van der Waals surface area (Å²) in [6, 6.07) is 2.96. The predicted molar refractivity (Wildman–Crippen MR) is 65.5 cm³/mol. The molecule has 0 aromatic carbocycles. The van der Waals surface area contributed by atoms with Gasteiger partial charge in [0.1, 0.15) is 5.69 Å². The fraction of sp³-hybridized carbons (Fsp3) is 0.462. The summed E-state index contributed by atoms with van der Waals surface area (Å²) in [7, 11) is 0. The lowest BCUT2D eigenvalue weighted by Gasteiger charge is -2.31. The predicted octanol–water partition coefficient (Wildman–Crippen LogP) is 1.70. The molecule has 1 saturated carbocycles. The molecule has 1 amide bonds. The molecule has 5 heteroatoms. The number of hydrogen-bond donors (Lipinski definition) is 2. The Hall–Kier alpha value is -1.91. The third kappa shape index (κ3) is 2.50. The molecule has 2 N–H and O–H groups in total. The Morgan fingerprint density at radius 1 is 1.50 bits per heavy atom. The van der Waals surface area contributed by atoms with Gasteiger partial charge in [0.25, 0.3) is 5.91 Å². The lowest BCUT2D eigenvalue weighted by molar-refractivity contribution is 0.0688. The number of carboxylic acid groups (broad SMARTS) is 1. The van der Waals surface area contributed by atoms with Crippen LogP contribution in [0, 0.1) is 5.92 Å². The van der Waals surface area contributed by atoms with E-state index in [2.05, 4.69) is 10.3 Å². The molecule has 1 unspecified atom stereocenters. The van der Waals surface area contributed by atoms with Crippen molar-refractivity contribution in [2.45, 2.75) is 32.2 Å². The molecule has 1 aliphatic rings. The summed E-state index contributed by atoms with van der Waals surface area (Å²) in [6.07, 6.45) is 4.87. The third-order valence-corrected chi connectivity index (χ3v) is 3.47. The lowest BCUT2D eigenvalue weighted by atomic mass is 9.80. The first-order valence-electron chi connectivity index (χ1n) is 6.08. The quantitative estimate of drug-likeness (QED) is 0.850. The Morgan fingerprint density at radius 3 is 2.78 bits per heavy atom. The minimum Gasteiger partial charge on any atom is -0.478 e. The molecule has 2 rings (SSSR count). The molecule has 1 aromatic heterocycles. The molecule has 1 fully saturated rings. The van der Waals surface area contributed by atoms with Gasteiger partial charge in [-0.1, -0.05) is 6.42 Å². The number of carboxylic acids is 1. The van der Waals surface area contributed by atoms with E-state index in [0.717, 1.165) is 12.8 Å². The second-order valence-corrected chi connectivity index (χ2v) is 4.66. The van der Waals surface area contributed by atoms with Gasteiger partial charge in [-0.15, -0.1) is 0 Å². The number of rotatable bonds is 4. The van der Waals surface area contributed by atoms with Crippen molar-refractivity contribution >= 4 is 11.9 Å². The van der Waals surface area contributed by atoms with Crippen molar-refractivity contribution < 1.29 is 14.7 Å². The number of nitrogens with zero attached hydrogens (tertiary/aromatic N) is 1. The number of pyridine rings is 1. The lowest BCUT2D eigenvalue weighted by Crippen LogP contribution is -2.41. The van der Waals surface area contributed by atoms with Crippen LogP contribution in [0.5, 0.6) is 0 Å². The maximum Gasteiger partial charge on any atom is 0.338 e. The molecule has 1 atom stereocenters. The fourth-order valence-electron chi connectivity index (χ4n) is 2.09. The van der Waals surface area contributed by atoms with Crippen LogP contribution < -0.4 is 5.32 Å². The summed E-state index contributed by atoms with van der Waals surface area (Å²) >= 11 is 0. The van der Waals surface area contributed by atoms with Gasteiger partial charge in [-0.2, -0.15) is 0 Å². The topological polar surface area (TPSA) is 79.3 Å². The Balaban J connectivity index is 2.10. The van der Waals surface area contributed by atoms with Crippen LogP contribution in [0.2, 0.25) is 0 Å². The maximum absolute atomic E-state index is 12.0. The molecule has 18 heavy (non-hydrogen) atoms. The van der Waals surface area contributed by atoms with Crippen molar-refractivity contribution in [3.8, 4) is 0 Å². The average molecular weight is 248 g/mol. The highest BCUT2D eigenvalue weighted by atomic mass is 16.4. The normalized spacial score (nSPS) is 16.7. The van der Waals surface area contributed by atoms with Gasteiger partial charge in [0, 0.05) is 12.2 Å². The first-order chi connectivity index (χ1) is 8.59. The zero-order valence-corrected chi connectivity index (χ0v) is 10.2. The Bertz CT molecular complexity index is 469. The van der Waals surface area contributed by atoms with E-state index in [9.17, 15) is 9.59 Å². The highest BCUT2D eigenvalue weighted by molar-refractivity contribution is 6.03. The fourth-order valence-corrected chi connectivity index (χ4v) is 2.09. The average Bonchev–Trinajstić information content (AvgIpc) is 2.26. The first-order valence-corrected chi connectivity index (χ1v) is 6.08. The van der Waals surface area contributed by atoms with E-state index >= 15 is 0 Å². The molecule has 5 nitrogen and oxygen atoms in total. The SMILES string of the molecule is CC(NC(=O)c1ncccc1C(=O)O)C1CCC1. The summed E-state index contributed by atoms with van der Waals surface area (Å²) in [6.45, 7) is 1.95. The molecular formula is C13H16N2O3. The maximum atomic E-state index is 12.0. The molecule has 1 aromatic rings. The number of aromatic nitrogens is 1. The molecule has 0 radical (unpaired) electrons. The van der Waals surface area contributed by atoms with Crippen LogP contribution in [-0.2, 0) is 0 Å². The number of hydrogen-bond acceptors (Lipinski definition) is 3. The molecule has 1 aliphatic carbocycles. The van der Waals surface area contributed by atoms with Crippen molar-refractivity contribution in [3.05, 3.63) is 29.6 Å². The van der Waals surface area contributed by atoms with Crippen LogP contribution in [0.1, 0.15) is 47.0 Å². The highest BCUT2D eigenvalue weighted by Gasteiger charge is 2.26. The molecule has 0 spiro atoms. The van der Waals surface area contributed by atoms with Crippen molar-refractivity contribution in [3.63, 3.8) is 0 Å². The zero-order chi connectivity index (χ0) is 13.1. The molecule has 1 heterocycles. The number of aromatic carboxylic acids is 1. The van der Waals surface area contributed by atoms with E-state index < -0.39 is 11.9 Å². The summed E-state index contributed by atoms with van der Waals surface area (Å²) in [5.41, 5.74) is -0.0769. The Labute approximate surface area is 105 Å². The minimum absolute atomic E-state index is 0.0174. The molecule has 96 valence electrons. The zero-order valence-electron chi connectivity index (χ0n) is 10.2. The highest BCUT2D eigenvalue weighted by Crippen LogP contribution is 2.29. The molecule has 0 aliphatic heterocycles.